The highest BCUT2D eigenvalue weighted by molar-refractivity contribution is 5.95. The second-order valence-electron chi connectivity index (χ2n) is 3.76. The summed E-state index contributed by atoms with van der Waals surface area (Å²) in [6.07, 6.45) is 0.408. The van der Waals surface area contributed by atoms with Crippen molar-refractivity contribution in [3.05, 3.63) is 35.1 Å². The highest BCUT2D eigenvalue weighted by atomic mass is 19.1. The third-order valence-electron chi connectivity index (χ3n) is 2.67. The van der Waals surface area contributed by atoms with Crippen molar-refractivity contribution in [3.8, 4) is 0 Å². The smallest absolute Gasteiger partial charge is 0.254 e. The van der Waals surface area contributed by atoms with Crippen LogP contribution in [0.3, 0.4) is 0 Å². The summed E-state index contributed by atoms with van der Waals surface area (Å²) in [6, 6.07) is 3.80. The maximum Gasteiger partial charge on any atom is 0.254 e. The Labute approximate surface area is 98.0 Å². The van der Waals surface area contributed by atoms with Gasteiger partial charge in [0.2, 0.25) is 0 Å². The third-order valence-corrected chi connectivity index (χ3v) is 2.67. The molecule has 1 aliphatic rings. The van der Waals surface area contributed by atoms with Crippen molar-refractivity contribution in [2.24, 2.45) is 0 Å². The monoisotopic (exact) mass is 237 g/mol. The number of carbonyl (C=O) groups is 2. The van der Waals surface area contributed by atoms with E-state index < -0.39 is 5.82 Å². The fourth-order valence-electron chi connectivity index (χ4n) is 1.72. The number of carbonyl (C=O) groups excluding carboxylic acids is 2. The zero-order valence-electron chi connectivity index (χ0n) is 9.19. The highest BCUT2D eigenvalue weighted by Crippen LogP contribution is 2.12. The van der Waals surface area contributed by atoms with Crippen LogP contribution in [0.15, 0.2) is 18.2 Å². The molecule has 0 bridgehead atoms. The van der Waals surface area contributed by atoms with E-state index in [1.807, 2.05) is 0 Å². The van der Waals surface area contributed by atoms with E-state index >= 15 is 0 Å². The fourth-order valence-corrected chi connectivity index (χ4v) is 1.72. The normalized spacial score (nSPS) is 15.7. The van der Waals surface area contributed by atoms with Gasteiger partial charge in [-0.3, -0.25) is 9.59 Å². The first-order valence-corrected chi connectivity index (χ1v) is 5.34. The molecular weight excluding hydrogens is 225 g/mol. The highest BCUT2D eigenvalue weighted by Gasteiger charge is 2.19. The summed E-state index contributed by atoms with van der Waals surface area (Å²) in [5, 5.41) is 0. The number of nitrogens with zero attached hydrogens (tertiary/aromatic N) is 1. The van der Waals surface area contributed by atoms with Crippen LogP contribution in [0.4, 0.5) is 4.39 Å². The van der Waals surface area contributed by atoms with Gasteiger partial charge in [-0.15, -0.1) is 0 Å². The standard InChI is InChI=1S/C12H12FNO3/c13-11-2-1-9(7-10(11)8-15)12(16)14-3-5-17-6-4-14/h1-2,7-8H,3-6H2. The summed E-state index contributed by atoms with van der Waals surface area (Å²) >= 11 is 0. The van der Waals surface area contributed by atoms with E-state index in [1.54, 1.807) is 4.90 Å². The molecule has 5 heteroatoms. The molecule has 0 aliphatic carbocycles. The fraction of sp³-hybridized carbons (Fsp3) is 0.333. The molecule has 17 heavy (non-hydrogen) atoms. The number of hydrogen-bond donors (Lipinski definition) is 0. The molecule has 1 amide bonds. The first-order valence-electron chi connectivity index (χ1n) is 5.34. The molecule has 1 fully saturated rings. The zero-order valence-corrected chi connectivity index (χ0v) is 9.19. The Kier molecular flexibility index (Phi) is 3.49. The molecule has 90 valence electrons. The van der Waals surface area contributed by atoms with E-state index in [-0.39, 0.29) is 11.5 Å². The number of rotatable bonds is 2. The summed E-state index contributed by atoms with van der Waals surface area (Å²) < 4.78 is 18.2. The van der Waals surface area contributed by atoms with E-state index in [1.165, 1.54) is 12.1 Å². The number of aldehydes is 1. The van der Waals surface area contributed by atoms with Crippen LogP contribution in [0.2, 0.25) is 0 Å². The van der Waals surface area contributed by atoms with E-state index in [2.05, 4.69) is 0 Å². The summed E-state index contributed by atoms with van der Waals surface area (Å²) in [4.78, 5) is 24.2. The van der Waals surface area contributed by atoms with Crippen molar-refractivity contribution in [1.82, 2.24) is 4.90 Å². The van der Waals surface area contributed by atoms with Crippen molar-refractivity contribution < 1.29 is 18.7 Å². The van der Waals surface area contributed by atoms with Crippen LogP contribution in [-0.2, 0) is 4.74 Å². The molecule has 0 atom stereocenters. The first-order chi connectivity index (χ1) is 8.22. The largest absolute Gasteiger partial charge is 0.378 e. The van der Waals surface area contributed by atoms with Gasteiger partial charge in [-0.05, 0) is 18.2 Å². The molecule has 4 nitrogen and oxygen atoms in total. The number of morpholine rings is 1. The summed E-state index contributed by atoms with van der Waals surface area (Å²) in [5.74, 6) is -0.810. The number of amides is 1. The number of benzene rings is 1. The number of hydrogen-bond acceptors (Lipinski definition) is 3. The van der Waals surface area contributed by atoms with Crippen LogP contribution < -0.4 is 0 Å². The van der Waals surface area contributed by atoms with Gasteiger partial charge in [0.05, 0.1) is 18.8 Å². The molecule has 1 saturated heterocycles. The van der Waals surface area contributed by atoms with Crippen molar-refractivity contribution in [2.75, 3.05) is 26.3 Å². The predicted octanol–water partition coefficient (Wildman–Crippen LogP) is 1.11. The van der Waals surface area contributed by atoms with Gasteiger partial charge in [-0.25, -0.2) is 4.39 Å². The van der Waals surface area contributed by atoms with Gasteiger partial charge >= 0.3 is 0 Å². The Morgan fingerprint density at radius 3 is 2.71 bits per heavy atom. The van der Waals surface area contributed by atoms with E-state index in [0.717, 1.165) is 6.07 Å². The molecule has 0 N–H and O–H groups in total. The second kappa shape index (κ2) is 5.05. The van der Waals surface area contributed by atoms with E-state index in [4.69, 9.17) is 4.74 Å². The lowest BCUT2D eigenvalue weighted by molar-refractivity contribution is 0.0303. The van der Waals surface area contributed by atoms with Crippen LogP contribution in [0.1, 0.15) is 20.7 Å². The van der Waals surface area contributed by atoms with Crippen LogP contribution >= 0.6 is 0 Å². The predicted molar refractivity (Wildman–Crippen MR) is 58.5 cm³/mol. The molecule has 1 heterocycles. The zero-order chi connectivity index (χ0) is 12.3. The van der Waals surface area contributed by atoms with Crippen LogP contribution in [-0.4, -0.2) is 43.4 Å². The Morgan fingerprint density at radius 2 is 2.06 bits per heavy atom. The number of halogens is 1. The van der Waals surface area contributed by atoms with Crippen molar-refractivity contribution >= 4 is 12.2 Å². The van der Waals surface area contributed by atoms with Crippen LogP contribution in [0, 0.1) is 5.82 Å². The summed E-state index contributed by atoms with van der Waals surface area (Å²) in [5.41, 5.74) is 0.236. The molecule has 1 aromatic carbocycles. The Bertz CT molecular complexity index is 441. The van der Waals surface area contributed by atoms with Crippen LogP contribution in [0.5, 0.6) is 0 Å². The van der Waals surface area contributed by atoms with Gasteiger partial charge in [0.15, 0.2) is 6.29 Å². The van der Waals surface area contributed by atoms with Gasteiger partial charge < -0.3 is 9.64 Å². The van der Waals surface area contributed by atoms with Crippen molar-refractivity contribution in [1.29, 1.82) is 0 Å². The van der Waals surface area contributed by atoms with E-state index in [9.17, 15) is 14.0 Å². The Balaban J connectivity index is 2.21. The van der Waals surface area contributed by atoms with Gasteiger partial charge in [-0.2, -0.15) is 0 Å². The average molecular weight is 237 g/mol. The lowest BCUT2D eigenvalue weighted by Gasteiger charge is -2.26. The third kappa shape index (κ3) is 2.50. The maximum atomic E-state index is 13.1. The molecule has 0 spiro atoms. The maximum absolute atomic E-state index is 13.1. The van der Waals surface area contributed by atoms with Crippen molar-refractivity contribution in [2.45, 2.75) is 0 Å². The van der Waals surface area contributed by atoms with Gasteiger partial charge in [0, 0.05) is 18.7 Å². The quantitative estimate of drug-likeness (QED) is 0.724. The van der Waals surface area contributed by atoms with Gasteiger partial charge in [-0.1, -0.05) is 0 Å². The minimum atomic E-state index is -0.612. The lowest BCUT2D eigenvalue weighted by Crippen LogP contribution is -2.40. The lowest BCUT2D eigenvalue weighted by atomic mass is 10.1. The summed E-state index contributed by atoms with van der Waals surface area (Å²) in [7, 11) is 0. The summed E-state index contributed by atoms with van der Waals surface area (Å²) in [6.45, 7) is 2.06. The molecule has 1 aromatic rings. The first kappa shape index (κ1) is 11.7. The SMILES string of the molecule is O=Cc1cc(C(=O)N2CCOCC2)ccc1F. The minimum Gasteiger partial charge on any atom is -0.378 e. The van der Waals surface area contributed by atoms with Gasteiger partial charge in [0.1, 0.15) is 5.82 Å². The molecule has 0 aromatic heterocycles. The minimum absolute atomic E-state index is 0.0934. The van der Waals surface area contributed by atoms with E-state index in [0.29, 0.717) is 38.2 Å². The second-order valence-corrected chi connectivity index (χ2v) is 3.76. The molecule has 0 saturated carbocycles. The Morgan fingerprint density at radius 1 is 1.35 bits per heavy atom. The molecule has 1 aliphatic heterocycles. The van der Waals surface area contributed by atoms with Crippen molar-refractivity contribution in [3.63, 3.8) is 0 Å². The molecular formula is C12H12FNO3. The van der Waals surface area contributed by atoms with Crippen LogP contribution in [0.25, 0.3) is 0 Å². The molecule has 0 unspecified atom stereocenters. The average Bonchev–Trinajstić information content (AvgIpc) is 2.39. The number of ether oxygens (including phenoxy) is 1. The Hall–Kier alpha value is -1.75. The topological polar surface area (TPSA) is 46.6 Å². The molecule has 0 radical (unpaired) electrons. The molecule has 2 rings (SSSR count). The van der Waals surface area contributed by atoms with Gasteiger partial charge in [0.25, 0.3) is 5.91 Å².